The summed E-state index contributed by atoms with van der Waals surface area (Å²) in [7, 11) is 0. The highest BCUT2D eigenvalue weighted by molar-refractivity contribution is 6.32. The number of hydrogen-bond acceptors (Lipinski definition) is 4. The van der Waals surface area contributed by atoms with Crippen molar-refractivity contribution in [2.45, 2.75) is 0 Å². The number of carbonyl (C=O) groups excluding carboxylic acids is 1. The lowest BCUT2D eigenvalue weighted by atomic mass is 10.1. The first-order valence-corrected chi connectivity index (χ1v) is 9.92. The molecular formula is C23H21ClN4O. The zero-order chi connectivity index (χ0) is 20.1. The Balaban J connectivity index is 1.38. The van der Waals surface area contributed by atoms with Gasteiger partial charge in [-0.15, -0.1) is 0 Å². The van der Waals surface area contributed by atoms with Gasteiger partial charge in [-0.2, -0.15) is 0 Å². The molecular weight excluding hydrogens is 384 g/mol. The number of anilines is 1. The monoisotopic (exact) mass is 404 g/mol. The molecule has 1 aliphatic rings. The Labute approximate surface area is 175 Å². The van der Waals surface area contributed by atoms with Crippen LogP contribution in [0.4, 0.5) is 5.82 Å². The molecule has 6 heteroatoms. The quantitative estimate of drug-likeness (QED) is 0.613. The zero-order valence-electron chi connectivity index (χ0n) is 15.9. The van der Waals surface area contributed by atoms with Gasteiger partial charge >= 0.3 is 0 Å². The number of halogens is 1. The molecule has 1 aliphatic heterocycles. The Morgan fingerprint density at radius 2 is 1.66 bits per heavy atom. The van der Waals surface area contributed by atoms with E-state index in [0.29, 0.717) is 18.1 Å². The van der Waals surface area contributed by atoms with E-state index in [0.717, 1.165) is 35.7 Å². The number of rotatable bonds is 4. The Bertz CT molecular complexity index is 1010. The molecule has 0 atom stereocenters. The van der Waals surface area contributed by atoms with Crippen molar-refractivity contribution in [3.05, 3.63) is 83.7 Å². The van der Waals surface area contributed by atoms with Gasteiger partial charge in [-0.3, -0.25) is 4.79 Å². The van der Waals surface area contributed by atoms with Crippen LogP contribution in [0.5, 0.6) is 0 Å². The second-order valence-corrected chi connectivity index (χ2v) is 7.20. The van der Waals surface area contributed by atoms with E-state index < -0.39 is 0 Å². The minimum atomic E-state index is -0.00256. The summed E-state index contributed by atoms with van der Waals surface area (Å²) in [6.45, 7) is 2.76. The van der Waals surface area contributed by atoms with Gasteiger partial charge in [0.1, 0.15) is 12.1 Å². The van der Waals surface area contributed by atoms with Crippen molar-refractivity contribution >= 4 is 29.4 Å². The van der Waals surface area contributed by atoms with Crippen LogP contribution in [0.3, 0.4) is 0 Å². The summed E-state index contributed by atoms with van der Waals surface area (Å²) in [6.07, 6.45) is 4.96. The number of piperazine rings is 1. The molecule has 5 nitrogen and oxygen atoms in total. The summed E-state index contributed by atoms with van der Waals surface area (Å²) < 4.78 is 0. The van der Waals surface area contributed by atoms with E-state index in [4.69, 9.17) is 11.6 Å². The van der Waals surface area contributed by atoms with E-state index in [9.17, 15) is 4.79 Å². The first kappa shape index (κ1) is 19.2. The van der Waals surface area contributed by atoms with Crippen LogP contribution in [-0.2, 0) is 4.79 Å². The third-order valence-electron chi connectivity index (χ3n) is 4.95. The highest BCUT2D eigenvalue weighted by Gasteiger charge is 2.21. The molecule has 4 rings (SSSR count). The standard InChI is InChI=1S/C23H21ClN4O/c24-20-9-5-4-6-18(20)10-11-23(29)28-14-12-27(13-15-28)22-16-21(25-17-26-22)19-7-2-1-3-8-19/h1-11,16-17H,12-15H2. The number of hydrogen-bond donors (Lipinski definition) is 0. The fraction of sp³-hybridized carbons (Fsp3) is 0.174. The molecule has 1 aromatic heterocycles. The summed E-state index contributed by atoms with van der Waals surface area (Å²) >= 11 is 6.14. The average molecular weight is 405 g/mol. The molecule has 0 aliphatic carbocycles. The molecule has 0 N–H and O–H groups in total. The average Bonchev–Trinajstić information content (AvgIpc) is 2.79. The van der Waals surface area contributed by atoms with Crippen LogP contribution in [0.1, 0.15) is 5.56 Å². The van der Waals surface area contributed by atoms with Gasteiger partial charge in [-0.1, -0.05) is 60.1 Å². The third-order valence-corrected chi connectivity index (χ3v) is 5.29. The predicted octanol–water partition coefficient (Wildman–Crippen LogP) is 4.16. The van der Waals surface area contributed by atoms with E-state index in [-0.39, 0.29) is 5.91 Å². The van der Waals surface area contributed by atoms with E-state index >= 15 is 0 Å². The van der Waals surface area contributed by atoms with Gasteiger partial charge in [-0.05, 0) is 17.7 Å². The minimum absolute atomic E-state index is 0.00256. The van der Waals surface area contributed by atoms with Crippen molar-refractivity contribution in [1.82, 2.24) is 14.9 Å². The van der Waals surface area contributed by atoms with Crippen LogP contribution in [0, 0.1) is 0 Å². The maximum atomic E-state index is 12.5. The van der Waals surface area contributed by atoms with Gasteiger partial charge in [0, 0.05) is 48.9 Å². The molecule has 1 amide bonds. The van der Waals surface area contributed by atoms with Crippen molar-refractivity contribution < 1.29 is 4.79 Å². The van der Waals surface area contributed by atoms with Gasteiger partial charge in [0.15, 0.2) is 0 Å². The molecule has 2 aromatic carbocycles. The molecule has 1 fully saturated rings. The van der Waals surface area contributed by atoms with Crippen molar-refractivity contribution in [3.8, 4) is 11.3 Å². The number of amides is 1. The number of nitrogens with zero attached hydrogens (tertiary/aromatic N) is 4. The lowest BCUT2D eigenvalue weighted by molar-refractivity contribution is -0.126. The molecule has 0 radical (unpaired) electrons. The van der Waals surface area contributed by atoms with Crippen LogP contribution in [0.2, 0.25) is 5.02 Å². The van der Waals surface area contributed by atoms with E-state index in [2.05, 4.69) is 14.9 Å². The van der Waals surface area contributed by atoms with E-state index in [1.54, 1.807) is 18.5 Å². The lowest BCUT2D eigenvalue weighted by Crippen LogP contribution is -2.48. The molecule has 1 saturated heterocycles. The Morgan fingerprint density at radius 3 is 2.41 bits per heavy atom. The van der Waals surface area contributed by atoms with Crippen LogP contribution in [0.25, 0.3) is 17.3 Å². The Morgan fingerprint density at radius 1 is 0.931 bits per heavy atom. The molecule has 0 bridgehead atoms. The zero-order valence-corrected chi connectivity index (χ0v) is 16.7. The summed E-state index contributed by atoms with van der Waals surface area (Å²) in [5.41, 5.74) is 2.81. The Hall–Kier alpha value is -3.18. The molecule has 0 unspecified atom stereocenters. The van der Waals surface area contributed by atoms with Crippen molar-refractivity contribution in [3.63, 3.8) is 0 Å². The summed E-state index contributed by atoms with van der Waals surface area (Å²) in [6, 6.07) is 19.5. The number of carbonyl (C=O) groups is 1. The fourth-order valence-electron chi connectivity index (χ4n) is 3.32. The number of aromatic nitrogens is 2. The van der Waals surface area contributed by atoms with Gasteiger partial charge in [0.25, 0.3) is 0 Å². The highest BCUT2D eigenvalue weighted by Crippen LogP contribution is 2.21. The van der Waals surface area contributed by atoms with E-state index in [1.165, 1.54) is 0 Å². The SMILES string of the molecule is O=C(C=Cc1ccccc1Cl)N1CCN(c2cc(-c3ccccc3)ncn2)CC1. The van der Waals surface area contributed by atoms with Crippen molar-refractivity contribution in [1.29, 1.82) is 0 Å². The fourth-order valence-corrected chi connectivity index (χ4v) is 3.52. The van der Waals surface area contributed by atoms with Gasteiger partial charge < -0.3 is 9.80 Å². The van der Waals surface area contributed by atoms with Crippen LogP contribution in [0.15, 0.2) is 73.1 Å². The summed E-state index contributed by atoms with van der Waals surface area (Å²) in [4.78, 5) is 25.4. The van der Waals surface area contributed by atoms with Crippen LogP contribution < -0.4 is 4.90 Å². The molecule has 29 heavy (non-hydrogen) atoms. The second-order valence-electron chi connectivity index (χ2n) is 6.79. The number of benzene rings is 2. The highest BCUT2D eigenvalue weighted by atomic mass is 35.5. The topological polar surface area (TPSA) is 49.3 Å². The molecule has 0 spiro atoms. The largest absolute Gasteiger partial charge is 0.353 e. The van der Waals surface area contributed by atoms with Crippen LogP contribution >= 0.6 is 11.6 Å². The predicted molar refractivity (Wildman–Crippen MR) is 117 cm³/mol. The smallest absolute Gasteiger partial charge is 0.246 e. The van der Waals surface area contributed by atoms with Crippen molar-refractivity contribution in [2.24, 2.45) is 0 Å². The van der Waals surface area contributed by atoms with Crippen molar-refractivity contribution in [2.75, 3.05) is 31.1 Å². The summed E-state index contributed by atoms with van der Waals surface area (Å²) in [5.74, 6) is 0.884. The molecule has 0 saturated carbocycles. The summed E-state index contributed by atoms with van der Waals surface area (Å²) in [5, 5.41) is 0.638. The first-order valence-electron chi connectivity index (χ1n) is 9.54. The lowest BCUT2D eigenvalue weighted by Gasteiger charge is -2.35. The van der Waals surface area contributed by atoms with Gasteiger partial charge in [0.2, 0.25) is 5.91 Å². The molecule has 3 aromatic rings. The van der Waals surface area contributed by atoms with Gasteiger partial charge in [-0.25, -0.2) is 9.97 Å². The maximum Gasteiger partial charge on any atom is 0.246 e. The van der Waals surface area contributed by atoms with Gasteiger partial charge in [0.05, 0.1) is 5.69 Å². The minimum Gasteiger partial charge on any atom is -0.353 e. The van der Waals surface area contributed by atoms with E-state index in [1.807, 2.05) is 65.6 Å². The Kier molecular flexibility index (Phi) is 5.86. The molecule has 146 valence electrons. The first-order chi connectivity index (χ1) is 14.2. The second kappa shape index (κ2) is 8.88. The normalized spacial score (nSPS) is 14.4. The molecule has 2 heterocycles. The maximum absolute atomic E-state index is 12.5. The third kappa shape index (κ3) is 4.63. The van der Waals surface area contributed by atoms with Crippen LogP contribution in [-0.4, -0.2) is 47.0 Å².